The number of ether oxygens (including phenoxy) is 1. The average molecular weight is 345 g/mol. The highest BCUT2D eigenvalue weighted by molar-refractivity contribution is 7.09. The van der Waals surface area contributed by atoms with Crippen LogP contribution < -0.4 is 0 Å². The third-order valence-corrected chi connectivity index (χ3v) is 4.17. The van der Waals surface area contributed by atoms with Gasteiger partial charge in [-0.15, -0.1) is 11.3 Å². The van der Waals surface area contributed by atoms with Crippen molar-refractivity contribution in [1.82, 2.24) is 4.98 Å². The summed E-state index contributed by atoms with van der Waals surface area (Å²) in [5, 5.41) is 2.45. The molecule has 6 heteroatoms. The molecular formula is C18H19NO4S. The molecule has 5 nitrogen and oxygen atoms in total. The lowest BCUT2D eigenvalue weighted by Gasteiger charge is -2.02. The number of hydrogen-bond acceptors (Lipinski definition) is 6. The number of hydrogen-bond donors (Lipinski definition) is 0. The smallest absolute Gasteiger partial charge is 0.311 e. The number of carbonyl (C=O) groups is 3. The number of benzene rings is 1. The van der Waals surface area contributed by atoms with Gasteiger partial charge in [0.1, 0.15) is 10.8 Å². The van der Waals surface area contributed by atoms with Crippen molar-refractivity contribution in [2.45, 2.75) is 33.1 Å². The maximum Gasteiger partial charge on any atom is 0.311 e. The summed E-state index contributed by atoms with van der Waals surface area (Å²) in [5.41, 5.74) is 2.10. The minimum Gasteiger partial charge on any atom is -0.466 e. The van der Waals surface area contributed by atoms with E-state index in [2.05, 4.69) is 4.98 Å². The Balaban J connectivity index is 1.95. The first-order valence-corrected chi connectivity index (χ1v) is 8.56. The summed E-state index contributed by atoms with van der Waals surface area (Å²) in [6, 6.07) is 7.05. The van der Waals surface area contributed by atoms with E-state index in [-0.39, 0.29) is 30.4 Å². The number of rotatable bonds is 8. The highest BCUT2D eigenvalue weighted by atomic mass is 32.1. The molecule has 0 bridgehead atoms. The van der Waals surface area contributed by atoms with E-state index in [4.69, 9.17) is 4.74 Å². The largest absolute Gasteiger partial charge is 0.466 e. The lowest BCUT2D eigenvalue weighted by atomic mass is 10.0. The standard InChI is InChI=1S/C18H19NO4S/c1-3-23-18(22)9-15-11-24-17(19-15)10-16(21)14-6-4-13(5-7-14)8-12(2)20/h4-7,11H,3,8-10H2,1-2H3. The zero-order valence-electron chi connectivity index (χ0n) is 13.7. The van der Waals surface area contributed by atoms with Gasteiger partial charge in [-0.1, -0.05) is 24.3 Å². The van der Waals surface area contributed by atoms with E-state index >= 15 is 0 Å². The van der Waals surface area contributed by atoms with Crippen LogP contribution in [0.4, 0.5) is 0 Å². The van der Waals surface area contributed by atoms with Crippen molar-refractivity contribution in [1.29, 1.82) is 0 Å². The molecule has 2 rings (SSSR count). The van der Waals surface area contributed by atoms with Gasteiger partial charge in [-0.25, -0.2) is 4.98 Å². The molecule has 0 saturated heterocycles. The monoisotopic (exact) mass is 345 g/mol. The normalized spacial score (nSPS) is 10.4. The minimum atomic E-state index is -0.318. The van der Waals surface area contributed by atoms with Crippen LogP contribution in [0.1, 0.15) is 40.5 Å². The van der Waals surface area contributed by atoms with Crippen LogP contribution in [0.2, 0.25) is 0 Å². The first-order chi connectivity index (χ1) is 11.5. The van der Waals surface area contributed by atoms with E-state index in [0.717, 1.165) is 5.56 Å². The van der Waals surface area contributed by atoms with Crippen LogP contribution in [-0.4, -0.2) is 29.1 Å². The molecule has 0 aliphatic heterocycles. The van der Waals surface area contributed by atoms with Gasteiger partial charge in [0.05, 0.1) is 25.1 Å². The summed E-state index contributed by atoms with van der Waals surface area (Å²) in [4.78, 5) is 39.1. The Morgan fingerprint density at radius 1 is 1.08 bits per heavy atom. The number of ketones is 2. The lowest BCUT2D eigenvalue weighted by molar-refractivity contribution is -0.142. The molecule has 0 aliphatic rings. The zero-order chi connectivity index (χ0) is 17.5. The Morgan fingerprint density at radius 3 is 2.42 bits per heavy atom. The maximum absolute atomic E-state index is 12.3. The summed E-state index contributed by atoms with van der Waals surface area (Å²) in [5.74, 6) is -0.269. The minimum absolute atomic E-state index is 0.0404. The van der Waals surface area contributed by atoms with Gasteiger partial charge in [-0.3, -0.25) is 14.4 Å². The molecule has 0 unspecified atom stereocenters. The fourth-order valence-corrected chi connectivity index (χ4v) is 3.00. The van der Waals surface area contributed by atoms with Crippen molar-refractivity contribution in [2.24, 2.45) is 0 Å². The molecule has 0 fully saturated rings. The zero-order valence-corrected chi connectivity index (χ0v) is 14.5. The third kappa shape index (κ3) is 5.38. The number of aromatic nitrogens is 1. The number of carbonyl (C=O) groups excluding carboxylic acids is 3. The number of Topliss-reactive ketones (excluding diaryl/α,β-unsaturated/α-hetero) is 2. The molecular weight excluding hydrogens is 326 g/mol. The summed E-state index contributed by atoms with van der Waals surface area (Å²) in [6.45, 7) is 3.63. The van der Waals surface area contributed by atoms with Crippen molar-refractivity contribution in [3.8, 4) is 0 Å². The molecule has 0 saturated carbocycles. The van der Waals surface area contributed by atoms with Gasteiger partial charge in [-0.05, 0) is 19.4 Å². The Kier molecular flexibility index (Phi) is 6.37. The van der Waals surface area contributed by atoms with E-state index in [1.807, 2.05) is 0 Å². The molecule has 1 heterocycles. The lowest BCUT2D eigenvalue weighted by Crippen LogP contribution is -2.08. The van der Waals surface area contributed by atoms with Crippen molar-refractivity contribution >= 4 is 28.9 Å². The first-order valence-electron chi connectivity index (χ1n) is 7.68. The summed E-state index contributed by atoms with van der Waals surface area (Å²) in [6.07, 6.45) is 0.690. The molecule has 0 spiro atoms. The molecule has 126 valence electrons. The van der Waals surface area contributed by atoms with Crippen LogP contribution in [0.5, 0.6) is 0 Å². The molecule has 24 heavy (non-hydrogen) atoms. The molecule has 0 N–H and O–H groups in total. The van der Waals surface area contributed by atoms with Crippen LogP contribution in [0, 0.1) is 0 Å². The number of thiazole rings is 1. The SMILES string of the molecule is CCOC(=O)Cc1csc(CC(=O)c2ccc(CC(C)=O)cc2)n1. The Bertz CT molecular complexity index is 734. The van der Waals surface area contributed by atoms with Gasteiger partial charge >= 0.3 is 5.97 Å². The van der Waals surface area contributed by atoms with Gasteiger partial charge in [-0.2, -0.15) is 0 Å². The molecule has 0 radical (unpaired) electrons. The van der Waals surface area contributed by atoms with Gasteiger partial charge < -0.3 is 4.74 Å². The fraction of sp³-hybridized carbons (Fsp3) is 0.333. The third-order valence-electron chi connectivity index (χ3n) is 3.27. The molecule has 1 aromatic heterocycles. The van der Waals surface area contributed by atoms with E-state index in [9.17, 15) is 14.4 Å². The first kappa shape index (κ1) is 18.0. The van der Waals surface area contributed by atoms with Crippen LogP contribution >= 0.6 is 11.3 Å². The predicted octanol–water partition coefficient (Wildman–Crippen LogP) is 2.81. The van der Waals surface area contributed by atoms with E-state index in [0.29, 0.717) is 29.3 Å². The van der Waals surface area contributed by atoms with Crippen LogP contribution in [0.3, 0.4) is 0 Å². The van der Waals surface area contributed by atoms with Crippen LogP contribution in [0.15, 0.2) is 29.6 Å². The highest BCUT2D eigenvalue weighted by Gasteiger charge is 2.13. The summed E-state index contributed by atoms with van der Waals surface area (Å²) >= 11 is 1.36. The second kappa shape index (κ2) is 8.49. The Morgan fingerprint density at radius 2 is 1.79 bits per heavy atom. The second-order valence-electron chi connectivity index (χ2n) is 5.39. The van der Waals surface area contributed by atoms with Crippen molar-refractivity contribution in [3.05, 3.63) is 51.5 Å². The molecule has 0 atom stereocenters. The van der Waals surface area contributed by atoms with Crippen molar-refractivity contribution in [2.75, 3.05) is 6.61 Å². The average Bonchev–Trinajstić information content (AvgIpc) is 2.94. The molecule has 1 aromatic carbocycles. The predicted molar refractivity (Wildman–Crippen MR) is 91.3 cm³/mol. The van der Waals surface area contributed by atoms with Crippen LogP contribution in [0.25, 0.3) is 0 Å². The highest BCUT2D eigenvalue weighted by Crippen LogP contribution is 2.15. The van der Waals surface area contributed by atoms with Gasteiger partial charge in [0.15, 0.2) is 5.78 Å². The fourth-order valence-electron chi connectivity index (χ4n) is 2.21. The Labute approximate surface area is 144 Å². The van der Waals surface area contributed by atoms with E-state index in [1.165, 1.54) is 18.3 Å². The molecule has 0 aliphatic carbocycles. The van der Waals surface area contributed by atoms with E-state index in [1.54, 1.807) is 36.6 Å². The summed E-state index contributed by atoms with van der Waals surface area (Å²) in [7, 11) is 0. The van der Waals surface area contributed by atoms with Crippen LogP contribution in [-0.2, 0) is 33.6 Å². The quantitative estimate of drug-likeness (QED) is 0.543. The number of esters is 1. The molecule has 2 aromatic rings. The van der Waals surface area contributed by atoms with Crippen molar-refractivity contribution in [3.63, 3.8) is 0 Å². The second-order valence-corrected chi connectivity index (χ2v) is 6.33. The van der Waals surface area contributed by atoms with Crippen molar-refractivity contribution < 1.29 is 19.1 Å². The van der Waals surface area contributed by atoms with Gasteiger partial charge in [0, 0.05) is 17.4 Å². The van der Waals surface area contributed by atoms with E-state index < -0.39 is 0 Å². The maximum atomic E-state index is 12.3. The Hall–Kier alpha value is -2.34. The number of nitrogens with zero attached hydrogens (tertiary/aromatic N) is 1. The van der Waals surface area contributed by atoms with Gasteiger partial charge in [0.2, 0.25) is 0 Å². The summed E-state index contributed by atoms with van der Waals surface area (Å²) < 4.78 is 4.88. The topological polar surface area (TPSA) is 73.3 Å². The van der Waals surface area contributed by atoms with Gasteiger partial charge in [0.25, 0.3) is 0 Å². The molecule has 0 amide bonds.